The molecule has 0 bridgehead atoms. The molecule has 1 amide bonds. The minimum atomic E-state index is 0.170. The van der Waals surface area contributed by atoms with Crippen molar-refractivity contribution < 1.29 is 4.79 Å². The fraction of sp³-hybridized carbons (Fsp3) is 0.364. The van der Waals surface area contributed by atoms with Crippen LogP contribution in [0.4, 0.5) is 5.69 Å². The SMILES string of the molecule is CCCCn1ccc2c(Cc3c(C)ccc4c3CC(=O)N4C)nccc21. The molecule has 3 aromatic rings. The normalized spacial score (nSPS) is 13.7. The molecule has 1 aromatic carbocycles. The maximum Gasteiger partial charge on any atom is 0.231 e. The molecule has 0 saturated carbocycles. The van der Waals surface area contributed by atoms with Gasteiger partial charge in [-0.05, 0) is 48.2 Å². The fourth-order valence-electron chi connectivity index (χ4n) is 3.97. The van der Waals surface area contributed by atoms with E-state index in [0.29, 0.717) is 6.42 Å². The molecule has 0 unspecified atom stereocenters. The lowest BCUT2D eigenvalue weighted by molar-refractivity contribution is -0.117. The van der Waals surface area contributed by atoms with Crippen molar-refractivity contribution in [2.45, 2.75) is 46.1 Å². The van der Waals surface area contributed by atoms with E-state index in [9.17, 15) is 4.79 Å². The number of anilines is 1. The number of hydrogen-bond donors (Lipinski definition) is 0. The van der Waals surface area contributed by atoms with Crippen LogP contribution < -0.4 is 4.90 Å². The first-order valence-corrected chi connectivity index (χ1v) is 9.40. The van der Waals surface area contributed by atoms with Gasteiger partial charge in [0.2, 0.25) is 5.91 Å². The van der Waals surface area contributed by atoms with Crippen LogP contribution in [0.25, 0.3) is 10.9 Å². The van der Waals surface area contributed by atoms with Gasteiger partial charge in [-0.3, -0.25) is 9.78 Å². The lowest BCUT2D eigenvalue weighted by Gasteiger charge is -2.14. The molecular weight excluding hydrogens is 322 g/mol. The summed E-state index contributed by atoms with van der Waals surface area (Å²) in [5.41, 5.74) is 7.04. The maximum absolute atomic E-state index is 12.2. The van der Waals surface area contributed by atoms with Crippen molar-refractivity contribution >= 4 is 22.5 Å². The summed E-state index contributed by atoms with van der Waals surface area (Å²) in [5.74, 6) is 0.170. The Bertz CT molecular complexity index is 986. The zero-order valence-electron chi connectivity index (χ0n) is 15.7. The van der Waals surface area contributed by atoms with E-state index in [1.165, 1.54) is 40.4 Å². The number of pyridine rings is 1. The van der Waals surface area contributed by atoms with Gasteiger partial charge in [0.1, 0.15) is 0 Å². The highest BCUT2D eigenvalue weighted by atomic mass is 16.2. The smallest absolute Gasteiger partial charge is 0.231 e. The molecule has 0 N–H and O–H groups in total. The van der Waals surface area contributed by atoms with Gasteiger partial charge in [0, 0.05) is 43.5 Å². The Morgan fingerprint density at radius 2 is 2.04 bits per heavy atom. The van der Waals surface area contributed by atoms with Gasteiger partial charge in [0.15, 0.2) is 0 Å². The second kappa shape index (κ2) is 6.60. The standard InChI is InChI=1S/C22H25N3O/c1-4-5-11-25-12-9-16-19(23-10-8-21(16)25)13-17-15(2)6-7-20-18(17)14-22(26)24(20)3/h6-10,12H,4-5,11,13-14H2,1-3H3. The number of hydrogen-bond acceptors (Lipinski definition) is 2. The average Bonchev–Trinajstić information content (AvgIpc) is 3.18. The van der Waals surface area contributed by atoms with Gasteiger partial charge in [-0.25, -0.2) is 0 Å². The van der Waals surface area contributed by atoms with Crippen molar-refractivity contribution in [1.29, 1.82) is 0 Å². The number of nitrogens with zero attached hydrogens (tertiary/aromatic N) is 3. The Kier molecular flexibility index (Phi) is 4.27. The van der Waals surface area contributed by atoms with Crippen LogP contribution in [0.2, 0.25) is 0 Å². The molecule has 0 aliphatic carbocycles. The summed E-state index contributed by atoms with van der Waals surface area (Å²) in [4.78, 5) is 18.6. The minimum absolute atomic E-state index is 0.170. The van der Waals surface area contributed by atoms with Gasteiger partial charge in [0.25, 0.3) is 0 Å². The van der Waals surface area contributed by atoms with Crippen molar-refractivity contribution in [3.05, 3.63) is 59.0 Å². The highest BCUT2D eigenvalue weighted by Crippen LogP contribution is 2.34. The zero-order chi connectivity index (χ0) is 18.3. The second-order valence-corrected chi connectivity index (χ2v) is 7.22. The van der Waals surface area contributed by atoms with Crippen molar-refractivity contribution in [3.63, 3.8) is 0 Å². The highest BCUT2D eigenvalue weighted by molar-refractivity contribution is 6.01. The van der Waals surface area contributed by atoms with Crippen LogP contribution in [0.3, 0.4) is 0 Å². The molecule has 26 heavy (non-hydrogen) atoms. The first-order chi connectivity index (χ1) is 12.6. The summed E-state index contributed by atoms with van der Waals surface area (Å²) in [6.45, 7) is 5.39. The number of benzene rings is 1. The van der Waals surface area contributed by atoms with Crippen LogP contribution in [-0.2, 0) is 24.2 Å². The number of aromatic nitrogens is 2. The fourth-order valence-corrected chi connectivity index (χ4v) is 3.97. The molecule has 1 aliphatic rings. The molecule has 0 atom stereocenters. The van der Waals surface area contributed by atoms with Gasteiger partial charge >= 0.3 is 0 Å². The van der Waals surface area contributed by atoms with E-state index in [0.717, 1.165) is 24.3 Å². The molecule has 4 rings (SSSR count). The Hall–Kier alpha value is -2.62. The van der Waals surface area contributed by atoms with E-state index in [1.807, 2.05) is 13.2 Å². The van der Waals surface area contributed by atoms with Crippen molar-refractivity contribution in [2.24, 2.45) is 0 Å². The number of aryl methyl sites for hydroxylation is 2. The van der Waals surface area contributed by atoms with E-state index >= 15 is 0 Å². The number of amides is 1. The average molecular weight is 347 g/mol. The van der Waals surface area contributed by atoms with Gasteiger partial charge in [-0.15, -0.1) is 0 Å². The molecule has 3 heterocycles. The molecule has 0 radical (unpaired) electrons. The van der Waals surface area contributed by atoms with Crippen LogP contribution in [0.1, 0.15) is 42.1 Å². The lowest BCUT2D eigenvalue weighted by atomic mass is 9.94. The van der Waals surface area contributed by atoms with Gasteiger partial charge in [0.05, 0.1) is 17.6 Å². The van der Waals surface area contributed by atoms with Crippen LogP contribution in [0, 0.1) is 6.92 Å². The Labute approximate surface area is 154 Å². The van der Waals surface area contributed by atoms with E-state index < -0.39 is 0 Å². The third-order valence-electron chi connectivity index (χ3n) is 5.58. The third-order valence-corrected chi connectivity index (χ3v) is 5.58. The summed E-state index contributed by atoms with van der Waals surface area (Å²) in [7, 11) is 1.86. The number of carbonyl (C=O) groups excluding carboxylic acids is 1. The second-order valence-electron chi connectivity index (χ2n) is 7.22. The molecule has 0 spiro atoms. The number of carbonyl (C=O) groups is 1. The van der Waals surface area contributed by atoms with E-state index in [-0.39, 0.29) is 5.91 Å². The largest absolute Gasteiger partial charge is 0.347 e. The number of rotatable bonds is 5. The first-order valence-electron chi connectivity index (χ1n) is 9.40. The summed E-state index contributed by atoms with van der Waals surface area (Å²) in [6.07, 6.45) is 7.72. The predicted octanol–water partition coefficient (Wildman–Crippen LogP) is 4.25. The number of likely N-dealkylation sites (N-methyl/N-ethyl adjacent to an activating group) is 1. The molecule has 2 aromatic heterocycles. The minimum Gasteiger partial charge on any atom is -0.347 e. The van der Waals surface area contributed by atoms with Crippen LogP contribution >= 0.6 is 0 Å². The van der Waals surface area contributed by atoms with Crippen molar-refractivity contribution in [1.82, 2.24) is 9.55 Å². The topological polar surface area (TPSA) is 38.1 Å². The van der Waals surface area contributed by atoms with Crippen LogP contribution in [0.5, 0.6) is 0 Å². The Morgan fingerprint density at radius 1 is 1.19 bits per heavy atom. The number of fused-ring (bicyclic) bond motifs is 2. The zero-order valence-corrected chi connectivity index (χ0v) is 15.7. The summed E-state index contributed by atoms with van der Waals surface area (Å²) >= 11 is 0. The summed E-state index contributed by atoms with van der Waals surface area (Å²) in [6, 6.07) is 8.47. The van der Waals surface area contributed by atoms with Gasteiger partial charge < -0.3 is 9.47 Å². The number of unbranched alkanes of at least 4 members (excludes halogenated alkanes) is 1. The molecule has 4 nitrogen and oxygen atoms in total. The van der Waals surface area contributed by atoms with E-state index in [4.69, 9.17) is 0 Å². The molecule has 134 valence electrons. The van der Waals surface area contributed by atoms with Crippen molar-refractivity contribution in [3.8, 4) is 0 Å². The maximum atomic E-state index is 12.2. The Balaban J connectivity index is 1.75. The highest BCUT2D eigenvalue weighted by Gasteiger charge is 2.27. The van der Waals surface area contributed by atoms with Crippen LogP contribution in [-0.4, -0.2) is 22.5 Å². The predicted molar refractivity (Wildman–Crippen MR) is 106 cm³/mol. The molecular formula is C22H25N3O. The lowest BCUT2D eigenvalue weighted by Crippen LogP contribution is -2.20. The molecule has 0 fully saturated rings. The van der Waals surface area contributed by atoms with E-state index in [1.54, 1.807) is 4.90 Å². The van der Waals surface area contributed by atoms with Crippen LogP contribution in [0.15, 0.2) is 36.7 Å². The Morgan fingerprint density at radius 3 is 2.85 bits per heavy atom. The van der Waals surface area contributed by atoms with E-state index in [2.05, 4.69) is 53.9 Å². The summed E-state index contributed by atoms with van der Waals surface area (Å²) < 4.78 is 2.32. The molecule has 0 saturated heterocycles. The quantitative estimate of drug-likeness (QED) is 0.692. The van der Waals surface area contributed by atoms with Gasteiger partial charge in [-0.2, -0.15) is 0 Å². The monoisotopic (exact) mass is 347 g/mol. The summed E-state index contributed by atoms with van der Waals surface area (Å²) in [5, 5.41) is 1.22. The molecule has 4 heteroatoms. The first kappa shape index (κ1) is 16.8. The third kappa shape index (κ3) is 2.70. The van der Waals surface area contributed by atoms with Crippen molar-refractivity contribution in [2.75, 3.05) is 11.9 Å². The molecule has 1 aliphatic heterocycles. The van der Waals surface area contributed by atoms with Gasteiger partial charge in [-0.1, -0.05) is 19.4 Å².